The molecule has 118 valence electrons. The van der Waals surface area contributed by atoms with Gasteiger partial charge in [0, 0.05) is 16.6 Å². The lowest BCUT2D eigenvalue weighted by molar-refractivity contribution is 0.0998. The van der Waals surface area contributed by atoms with Gasteiger partial charge in [0.2, 0.25) is 0 Å². The summed E-state index contributed by atoms with van der Waals surface area (Å²) in [5.41, 5.74) is 4.23. The average molecular weight is 309 g/mol. The minimum Gasteiger partial charge on any atom is -0.451 e. The number of aliphatic hydroxyl groups is 1. The summed E-state index contributed by atoms with van der Waals surface area (Å²) in [7, 11) is 0. The van der Waals surface area contributed by atoms with Crippen LogP contribution in [0.15, 0.2) is 46.9 Å². The SMILES string of the molecule is Cc1cc2cc(C(=O)Nc3ccccc3C(C)O)oc2cc1C. The van der Waals surface area contributed by atoms with E-state index in [2.05, 4.69) is 5.32 Å². The lowest BCUT2D eigenvalue weighted by Gasteiger charge is -2.12. The van der Waals surface area contributed by atoms with Crippen LogP contribution >= 0.6 is 0 Å². The number of fused-ring (bicyclic) bond motifs is 1. The van der Waals surface area contributed by atoms with Gasteiger partial charge in [-0.3, -0.25) is 4.79 Å². The predicted molar refractivity (Wildman–Crippen MR) is 90.7 cm³/mol. The van der Waals surface area contributed by atoms with Crippen LogP contribution in [0.3, 0.4) is 0 Å². The highest BCUT2D eigenvalue weighted by molar-refractivity contribution is 6.05. The van der Waals surface area contributed by atoms with Crippen molar-refractivity contribution in [1.82, 2.24) is 0 Å². The van der Waals surface area contributed by atoms with E-state index in [0.29, 0.717) is 16.8 Å². The Labute approximate surface area is 134 Å². The molecule has 1 aromatic heterocycles. The first kappa shape index (κ1) is 15.3. The van der Waals surface area contributed by atoms with Crippen LogP contribution < -0.4 is 5.32 Å². The first-order valence-electron chi connectivity index (χ1n) is 7.55. The van der Waals surface area contributed by atoms with Gasteiger partial charge in [0.15, 0.2) is 5.76 Å². The van der Waals surface area contributed by atoms with Crippen LogP contribution in [0.1, 0.15) is 40.3 Å². The number of aliphatic hydroxyl groups excluding tert-OH is 1. The first-order valence-corrected chi connectivity index (χ1v) is 7.55. The molecule has 3 aromatic rings. The van der Waals surface area contributed by atoms with Crippen LogP contribution in [0.5, 0.6) is 0 Å². The molecule has 1 unspecified atom stereocenters. The summed E-state index contributed by atoms with van der Waals surface area (Å²) in [6.45, 7) is 5.70. The zero-order valence-electron chi connectivity index (χ0n) is 13.4. The zero-order valence-corrected chi connectivity index (χ0v) is 13.4. The van der Waals surface area contributed by atoms with E-state index in [1.807, 2.05) is 38.1 Å². The first-order chi connectivity index (χ1) is 11.0. The van der Waals surface area contributed by atoms with Crippen molar-refractivity contribution in [2.45, 2.75) is 26.9 Å². The maximum Gasteiger partial charge on any atom is 0.291 e. The number of para-hydroxylation sites is 1. The van der Waals surface area contributed by atoms with E-state index in [1.165, 1.54) is 0 Å². The summed E-state index contributed by atoms with van der Waals surface area (Å²) in [5, 5.41) is 13.5. The Kier molecular flexibility index (Phi) is 3.92. The molecule has 1 atom stereocenters. The van der Waals surface area contributed by atoms with Gasteiger partial charge < -0.3 is 14.8 Å². The fraction of sp³-hybridized carbons (Fsp3) is 0.211. The monoisotopic (exact) mass is 309 g/mol. The second-order valence-electron chi connectivity index (χ2n) is 5.80. The van der Waals surface area contributed by atoms with Crippen LogP contribution in [0, 0.1) is 13.8 Å². The van der Waals surface area contributed by atoms with Crippen molar-refractivity contribution in [2.24, 2.45) is 0 Å². The Hall–Kier alpha value is -2.59. The molecule has 0 aliphatic carbocycles. The van der Waals surface area contributed by atoms with Gasteiger partial charge in [0.1, 0.15) is 5.58 Å². The topological polar surface area (TPSA) is 62.5 Å². The van der Waals surface area contributed by atoms with Crippen LogP contribution in [-0.4, -0.2) is 11.0 Å². The fourth-order valence-corrected chi connectivity index (χ4v) is 2.57. The predicted octanol–water partition coefficient (Wildman–Crippen LogP) is 4.36. The van der Waals surface area contributed by atoms with Crippen molar-refractivity contribution in [3.05, 3.63) is 64.9 Å². The summed E-state index contributed by atoms with van der Waals surface area (Å²) in [4.78, 5) is 12.4. The third kappa shape index (κ3) is 2.98. The lowest BCUT2D eigenvalue weighted by atomic mass is 10.1. The Morgan fingerprint density at radius 2 is 1.83 bits per heavy atom. The number of nitrogens with one attached hydrogen (secondary N) is 1. The highest BCUT2D eigenvalue weighted by Crippen LogP contribution is 2.26. The molecule has 0 bridgehead atoms. The number of carbonyl (C=O) groups is 1. The van der Waals surface area contributed by atoms with E-state index in [0.717, 1.165) is 16.5 Å². The molecule has 0 spiro atoms. The molecule has 1 amide bonds. The molecule has 0 aliphatic heterocycles. The summed E-state index contributed by atoms with van der Waals surface area (Å²) >= 11 is 0. The number of hydrogen-bond acceptors (Lipinski definition) is 3. The van der Waals surface area contributed by atoms with Crippen LogP contribution in [0.25, 0.3) is 11.0 Å². The maximum absolute atomic E-state index is 12.4. The Morgan fingerprint density at radius 3 is 2.57 bits per heavy atom. The summed E-state index contributed by atoms with van der Waals surface area (Å²) in [5.74, 6) is -0.0741. The van der Waals surface area contributed by atoms with Gasteiger partial charge in [-0.05, 0) is 56.2 Å². The van der Waals surface area contributed by atoms with Crippen LogP contribution in [0.2, 0.25) is 0 Å². The maximum atomic E-state index is 12.4. The van der Waals surface area contributed by atoms with Gasteiger partial charge in [0.05, 0.1) is 6.10 Å². The number of anilines is 1. The molecule has 23 heavy (non-hydrogen) atoms. The van der Waals surface area contributed by atoms with E-state index in [4.69, 9.17) is 4.42 Å². The van der Waals surface area contributed by atoms with Crippen molar-refractivity contribution in [1.29, 1.82) is 0 Å². The molecule has 4 nitrogen and oxygen atoms in total. The minimum absolute atomic E-state index is 0.255. The van der Waals surface area contributed by atoms with Gasteiger partial charge in [0.25, 0.3) is 5.91 Å². The van der Waals surface area contributed by atoms with E-state index in [1.54, 1.807) is 25.1 Å². The Balaban J connectivity index is 1.92. The number of amides is 1. The molecule has 0 radical (unpaired) electrons. The van der Waals surface area contributed by atoms with Gasteiger partial charge in [-0.25, -0.2) is 0 Å². The second-order valence-corrected chi connectivity index (χ2v) is 5.80. The summed E-state index contributed by atoms with van der Waals surface area (Å²) in [6, 6.07) is 12.9. The molecule has 4 heteroatoms. The van der Waals surface area contributed by atoms with E-state index in [9.17, 15) is 9.90 Å². The van der Waals surface area contributed by atoms with Gasteiger partial charge in [-0.1, -0.05) is 18.2 Å². The average Bonchev–Trinajstić information content (AvgIpc) is 2.91. The molecule has 0 saturated heterocycles. The number of rotatable bonds is 3. The van der Waals surface area contributed by atoms with Crippen molar-refractivity contribution < 1.29 is 14.3 Å². The molecular formula is C19H19NO3. The van der Waals surface area contributed by atoms with Gasteiger partial charge in [-0.2, -0.15) is 0 Å². The van der Waals surface area contributed by atoms with E-state index < -0.39 is 6.10 Å². The zero-order chi connectivity index (χ0) is 16.6. The van der Waals surface area contributed by atoms with Crippen molar-refractivity contribution >= 4 is 22.6 Å². The normalized spacial score (nSPS) is 12.3. The summed E-state index contributed by atoms with van der Waals surface area (Å²) in [6.07, 6.45) is -0.660. The molecule has 1 heterocycles. The van der Waals surface area contributed by atoms with E-state index >= 15 is 0 Å². The number of benzene rings is 2. The largest absolute Gasteiger partial charge is 0.451 e. The van der Waals surface area contributed by atoms with Gasteiger partial charge in [-0.15, -0.1) is 0 Å². The molecule has 0 aliphatic rings. The highest BCUT2D eigenvalue weighted by atomic mass is 16.3. The number of furan rings is 1. The van der Waals surface area contributed by atoms with Crippen molar-refractivity contribution in [2.75, 3.05) is 5.32 Å². The molecule has 0 saturated carbocycles. The Morgan fingerprint density at radius 1 is 1.13 bits per heavy atom. The molecule has 3 rings (SSSR count). The van der Waals surface area contributed by atoms with Gasteiger partial charge >= 0.3 is 0 Å². The van der Waals surface area contributed by atoms with E-state index in [-0.39, 0.29) is 11.7 Å². The quantitative estimate of drug-likeness (QED) is 0.756. The Bertz CT molecular complexity index is 838. The molecule has 2 aromatic carbocycles. The number of hydrogen-bond donors (Lipinski definition) is 2. The lowest BCUT2D eigenvalue weighted by Crippen LogP contribution is -2.13. The summed E-state index contributed by atoms with van der Waals surface area (Å²) < 4.78 is 5.66. The molecule has 2 N–H and O–H groups in total. The molecular weight excluding hydrogens is 290 g/mol. The second kappa shape index (κ2) is 5.89. The number of aryl methyl sites for hydroxylation is 2. The third-order valence-electron chi connectivity index (χ3n) is 4.02. The van der Waals surface area contributed by atoms with Crippen molar-refractivity contribution in [3.8, 4) is 0 Å². The fourth-order valence-electron chi connectivity index (χ4n) is 2.57. The smallest absolute Gasteiger partial charge is 0.291 e. The number of carbonyl (C=O) groups excluding carboxylic acids is 1. The minimum atomic E-state index is -0.660. The molecule has 0 fully saturated rings. The van der Waals surface area contributed by atoms with Crippen molar-refractivity contribution in [3.63, 3.8) is 0 Å². The standard InChI is InChI=1S/C19H19NO3/c1-11-8-14-10-18(23-17(14)9-12(11)2)19(22)20-16-7-5-4-6-15(16)13(3)21/h4-10,13,21H,1-3H3,(H,20,22). The van der Waals surface area contributed by atoms with Crippen LogP contribution in [0.4, 0.5) is 5.69 Å². The highest BCUT2D eigenvalue weighted by Gasteiger charge is 2.16. The van der Waals surface area contributed by atoms with Crippen LogP contribution in [-0.2, 0) is 0 Å². The third-order valence-corrected chi connectivity index (χ3v) is 4.02.